The quantitative estimate of drug-likeness (QED) is 0.811. The van der Waals surface area contributed by atoms with Crippen LogP contribution in [0, 0.1) is 0 Å². The van der Waals surface area contributed by atoms with Gasteiger partial charge in [-0.1, -0.05) is 19.3 Å². The molecule has 18 heavy (non-hydrogen) atoms. The molecule has 0 spiro atoms. The van der Waals surface area contributed by atoms with Crippen LogP contribution in [0.5, 0.6) is 0 Å². The standard InChI is InChI=1S/C12H25N3O2S/c13-8-11-15(12-6-5-7-12)18(16,17)14-9-3-1-2-4-10-14/h12H,1-11,13H2. The van der Waals surface area contributed by atoms with Crippen LogP contribution in [0.2, 0.25) is 0 Å². The maximum atomic E-state index is 12.7. The van der Waals surface area contributed by atoms with Crippen molar-refractivity contribution in [2.45, 2.75) is 51.0 Å². The zero-order valence-electron chi connectivity index (χ0n) is 11.1. The van der Waals surface area contributed by atoms with Crippen LogP contribution in [0.1, 0.15) is 44.9 Å². The van der Waals surface area contributed by atoms with E-state index in [2.05, 4.69) is 0 Å². The summed E-state index contributed by atoms with van der Waals surface area (Å²) >= 11 is 0. The van der Waals surface area contributed by atoms with Crippen molar-refractivity contribution in [3.8, 4) is 0 Å². The Hall–Kier alpha value is -0.170. The smallest absolute Gasteiger partial charge is 0.282 e. The lowest BCUT2D eigenvalue weighted by Crippen LogP contribution is -2.52. The van der Waals surface area contributed by atoms with Gasteiger partial charge in [0.1, 0.15) is 0 Å². The molecule has 2 aliphatic rings. The minimum Gasteiger partial charge on any atom is -0.329 e. The first-order chi connectivity index (χ1) is 8.66. The van der Waals surface area contributed by atoms with Crippen molar-refractivity contribution in [1.82, 2.24) is 8.61 Å². The van der Waals surface area contributed by atoms with E-state index >= 15 is 0 Å². The van der Waals surface area contributed by atoms with Gasteiger partial charge in [0.15, 0.2) is 0 Å². The Morgan fingerprint density at radius 3 is 2.11 bits per heavy atom. The van der Waals surface area contributed by atoms with Gasteiger partial charge in [-0.2, -0.15) is 17.0 Å². The van der Waals surface area contributed by atoms with E-state index in [0.29, 0.717) is 26.2 Å². The highest BCUT2D eigenvalue weighted by atomic mass is 32.2. The van der Waals surface area contributed by atoms with Crippen LogP contribution in [0.15, 0.2) is 0 Å². The van der Waals surface area contributed by atoms with Gasteiger partial charge in [-0.15, -0.1) is 0 Å². The lowest BCUT2D eigenvalue weighted by atomic mass is 9.93. The predicted octanol–water partition coefficient (Wildman–Crippen LogP) is 0.920. The van der Waals surface area contributed by atoms with E-state index in [4.69, 9.17) is 5.73 Å². The molecular weight excluding hydrogens is 250 g/mol. The lowest BCUT2D eigenvalue weighted by molar-refractivity contribution is 0.207. The first kappa shape index (κ1) is 14.2. The summed E-state index contributed by atoms with van der Waals surface area (Å²) in [6.07, 6.45) is 7.39. The molecule has 1 aliphatic carbocycles. The Bertz CT molecular complexity index is 346. The summed E-state index contributed by atoms with van der Waals surface area (Å²) in [6.45, 7) is 2.22. The summed E-state index contributed by atoms with van der Waals surface area (Å²) in [5.74, 6) is 0. The molecule has 0 amide bonds. The second-order valence-electron chi connectivity index (χ2n) is 5.31. The van der Waals surface area contributed by atoms with Crippen molar-refractivity contribution in [2.24, 2.45) is 5.73 Å². The monoisotopic (exact) mass is 275 g/mol. The van der Waals surface area contributed by atoms with E-state index in [1.807, 2.05) is 0 Å². The normalized spacial score (nSPS) is 23.9. The molecule has 0 atom stereocenters. The molecule has 0 aromatic heterocycles. The van der Waals surface area contributed by atoms with Gasteiger partial charge in [0.05, 0.1) is 0 Å². The molecule has 1 aliphatic heterocycles. The van der Waals surface area contributed by atoms with Crippen molar-refractivity contribution in [1.29, 1.82) is 0 Å². The van der Waals surface area contributed by atoms with E-state index in [9.17, 15) is 8.42 Å². The maximum absolute atomic E-state index is 12.7. The summed E-state index contributed by atoms with van der Waals surface area (Å²) in [4.78, 5) is 0. The van der Waals surface area contributed by atoms with E-state index in [1.165, 1.54) is 0 Å². The van der Waals surface area contributed by atoms with Gasteiger partial charge in [-0.05, 0) is 25.7 Å². The molecule has 2 rings (SSSR count). The molecule has 0 aromatic carbocycles. The second-order valence-corrected chi connectivity index (χ2v) is 7.19. The van der Waals surface area contributed by atoms with Crippen LogP contribution in [-0.2, 0) is 10.2 Å². The molecule has 2 fully saturated rings. The second kappa shape index (κ2) is 6.32. The van der Waals surface area contributed by atoms with Gasteiger partial charge < -0.3 is 5.73 Å². The molecule has 1 heterocycles. The average molecular weight is 275 g/mol. The Balaban J connectivity index is 2.09. The fourth-order valence-corrected chi connectivity index (χ4v) is 4.65. The van der Waals surface area contributed by atoms with E-state index in [0.717, 1.165) is 44.9 Å². The minimum atomic E-state index is -3.28. The number of nitrogens with zero attached hydrogens (tertiary/aromatic N) is 2. The molecule has 0 unspecified atom stereocenters. The fourth-order valence-electron chi connectivity index (χ4n) is 2.71. The Kier molecular flexibility index (Phi) is 5.00. The summed E-state index contributed by atoms with van der Waals surface area (Å²) in [5, 5.41) is 0. The van der Waals surface area contributed by atoms with Gasteiger partial charge in [0.2, 0.25) is 0 Å². The van der Waals surface area contributed by atoms with Gasteiger partial charge in [0, 0.05) is 32.2 Å². The number of nitrogens with two attached hydrogens (primary N) is 1. The Morgan fingerprint density at radius 1 is 1.06 bits per heavy atom. The largest absolute Gasteiger partial charge is 0.329 e. The van der Waals surface area contributed by atoms with Crippen LogP contribution in [-0.4, -0.2) is 49.2 Å². The number of hydrogen-bond donors (Lipinski definition) is 1. The van der Waals surface area contributed by atoms with E-state index in [-0.39, 0.29) is 6.04 Å². The molecule has 106 valence electrons. The molecular formula is C12H25N3O2S. The van der Waals surface area contributed by atoms with Crippen LogP contribution in [0.25, 0.3) is 0 Å². The Morgan fingerprint density at radius 2 is 1.67 bits per heavy atom. The highest BCUT2D eigenvalue weighted by molar-refractivity contribution is 7.86. The summed E-state index contributed by atoms with van der Waals surface area (Å²) in [6, 6.07) is 0.196. The zero-order valence-corrected chi connectivity index (χ0v) is 11.9. The number of hydrogen-bond acceptors (Lipinski definition) is 3. The van der Waals surface area contributed by atoms with Crippen LogP contribution in [0.4, 0.5) is 0 Å². The van der Waals surface area contributed by atoms with Crippen molar-refractivity contribution in [3.05, 3.63) is 0 Å². The van der Waals surface area contributed by atoms with Crippen LogP contribution in [0.3, 0.4) is 0 Å². The SMILES string of the molecule is NCCN(C1CCC1)S(=O)(=O)N1CCCCCC1. The third kappa shape index (κ3) is 3.04. The first-order valence-electron chi connectivity index (χ1n) is 7.13. The highest BCUT2D eigenvalue weighted by Crippen LogP contribution is 2.28. The summed E-state index contributed by atoms with van der Waals surface area (Å²) in [7, 11) is -3.28. The summed E-state index contributed by atoms with van der Waals surface area (Å²) < 4.78 is 28.6. The number of rotatable bonds is 5. The predicted molar refractivity (Wildman–Crippen MR) is 72.4 cm³/mol. The lowest BCUT2D eigenvalue weighted by Gasteiger charge is -2.39. The van der Waals surface area contributed by atoms with Crippen molar-refractivity contribution in [2.75, 3.05) is 26.2 Å². The van der Waals surface area contributed by atoms with Crippen molar-refractivity contribution >= 4 is 10.2 Å². The summed E-state index contributed by atoms with van der Waals surface area (Å²) in [5.41, 5.74) is 5.58. The molecule has 2 N–H and O–H groups in total. The van der Waals surface area contributed by atoms with Crippen molar-refractivity contribution in [3.63, 3.8) is 0 Å². The molecule has 0 radical (unpaired) electrons. The third-order valence-corrected chi connectivity index (χ3v) is 6.11. The van der Waals surface area contributed by atoms with E-state index < -0.39 is 10.2 Å². The maximum Gasteiger partial charge on any atom is 0.282 e. The van der Waals surface area contributed by atoms with Gasteiger partial charge in [-0.25, -0.2) is 0 Å². The minimum absolute atomic E-state index is 0.196. The van der Waals surface area contributed by atoms with Crippen LogP contribution < -0.4 is 5.73 Å². The molecule has 6 heteroatoms. The highest BCUT2D eigenvalue weighted by Gasteiger charge is 2.36. The average Bonchev–Trinajstić information content (AvgIpc) is 2.54. The molecule has 1 saturated carbocycles. The van der Waals surface area contributed by atoms with Crippen molar-refractivity contribution < 1.29 is 8.42 Å². The zero-order chi connectivity index (χ0) is 13.0. The Labute approximate surface area is 110 Å². The fraction of sp³-hybridized carbons (Fsp3) is 1.00. The molecule has 0 bridgehead atoms. The third-order valence-electron chi connectivity index (χ3n) is 4.02. The topological polar surface area (TPSA) is 66.6 Å². The van der Waals surface area contributed by atoms with Gasteiger partial charge >= 0.3 is 0 Å². The molecule has 0 aromatic rings. The van der Waals surface area contributed by atoms with E-state index in [1.54, 1.807) is 8.61 Å². The van der Waals surface area contributed by atoms with Gasteiger partial charge in [-0.3, -0.25) is 0 Å². The van der Waals surface area contributed by atoms with Crippen LogP contribution >= 0.6 is 0 Å². The van der Waals surface area contributed by atoms with Gasteiger partial charge in [0.25, 0.3) is 10.2 Å². The molecule has 5 nitrogen and oxygen atoms in total. The first-order valence-corrected chi connectivity index (χ1v) is 8.53. The molecule has 1 saturated heterocycles.